The Morgan fingerprint density at radius 2 is 1.96 bits per heavy atom. The molecular weight excluding hydrogens is 316 g/mol. The quantitative estimate of drug-likeness (QED) is 0.633. The molecule has 23 heavy (non-hydrogen) atoms. The van der Waals surface area contributed by atoms with Crippen LogP contribution in [-0.4, -0.2) is 28.8 Å². The predicted octanol–water partition coefficient (Wildman–Crippen LogP) is 3.88. The first-order valence-electron chi connectivity index (χ1n) is 7.34. The molecule has 0 aromatic heterocycles. The molecule has 0 spiro atoms. The molecular formula is C17H15ClN2O3. The number of likely N-dealkylation sites (tertiary alicyclic amines) is 1. The number of carbonyl (C=O) groups is 1. The van der Waals surface area contributed by atoms with Crippen molar-refractivity contribution in [1.29, 1.82) is 0 Å². The molecule has 6 heteroatoms. The summed E-state index contributed by atoms with van der Waals surface area (Å²) < 4.78 is 0. The Kier molecular flexibility index (Phi) is 4.30. The van der Waals surface area contributed by atoms with Gasteiger partial charge in [-0.3, -0.25) is 14.9 Å². The Hall–Kier alpha value is -2.40. The molecule has 0 N–H and O–H groups in total. The van der Waals surface area contributed by atoms with Crippen molar-refractivity contribution < 1.29 is 9.72 Å². The van der Waals surface area contributed by atoms with Crippen LogP contribution in [0, 0.1) is 10.1 Å². The Bertz CT molecular complexity index is 749. The summed E-state index contributed by atoms with van der Waals surface area (Å²) in [5.74, 6) is 0.0368. The molecule has 1 unspecified atom stereocenters. The second kappa shape index (κ2) is 6.38. The number of amides is 1. The number of nitrogens with zero attached hydrogens (tertiary/aromatic N) is 2. The molecule has 0 bridgehead atoms. The number of non-ortho nitro benzene ring substituents is 1. The zero-order chi connectivity index (χ0) is 16.4. The highest BCUT2D eigenvalue weighted by atomic mass is 35.5. The standard InChI is InChI=1S/C17H15ClN2O3/c18-16-7-6-14(20(22)23)10-15(16)17(21)19-9-8-13(11-19)12-4-2-1-3-5-12/h1-7,10,13H,8-9,11H2. The maximum absolute atomic E-state index is 12.6. The molecule has 118 valence electrons. The first-order valence-corrected chi connectivity index (χ1v) is 7.72. The molecule has 0 aliphatic carbocycles. The van der Waals surface area contributed by atoms with Crippen LogP contribution >= 0.6 is 11.6 Å². The van der Waals surface area contributed by atoms with E-state index in [1.165, 1.54) is 23.8 Å². The maximum atomic E-state index is 12.6. The number of halogens is 1. The minimum atomic E-state index is -0.524. The highest BCUT2D eigenvalue weighted by Gasteiger charge is 2.29. The minimum Gasteiger partial charge on any atom is -0.338 e. The van der Waals surface area contributed by atoms with E-state index in [0.29, 0.717) is 13.1 Å². The molecule has 1 saturated heterocycles. The second-order valence-electron chi connectivity index (χ2n) is 5.57. The highest BCUT2D eigenvalue weighted by molar-refractivity contribution is 6.33. The van der Waals surface area contributed by atoms with Gasteiger partial charge in [-0.05, 0) is 18.1 Å². The smallest absolute Gasteiger partial charge is 0.270 e. The minimum absolute atomic E-state index is 0.128. The average Bonchev–Trinajstić information content (AvgIpc) is 3.05. The van der Waals surface area contributed by atoms with Crippen LogP contribution in [0.5, 0.6) is 0 Å². The van der Waals surface area contributed by atoms with Crippen LogP contribution in [0.25, 0.3) is 0 Å². The van der Waals surface area contributed by atoms with E-state index in [4.69, 9.17) is 11.6 Å². The Balaban J connectivity index is 1.80. The zero-order valence-corrected chi connectivity index (χ0v) is 13.1. The zero-order valence-electron chi connectivity index (χ0n) is 12.3. The average molecular weight is 331 g/mol. The lowest BCUT2D eigenvalue weighted by Crippen LogP contribution is -2.28. The lowest BCUT2D eigenvalue weighted by molar-refractivity contribution is -0.384. The second-order valence-corrected chi connectivity index (χ2v) is 5.98. The summed E-state index contributed by atoms with van der Waals surface area (Å²) in [5, 5.41) is 11.1. The highest BCUT2D eigenvalue weighted by Crippen LogP contribution is 2.30. The van der Waals surface area contributed by atoms with E-state index < -0.39 is 4.92 Å². The summed E-state index contributed by atoms with van der Waals surface area (Å²) in [7, 11) is 0. The number of nitro groups is 1. The van der Waals surface area contributed by atoms with Gasteiger partial charge in [-0.15, -0.1) is 0 Å². The summed E-state index contributed by atoms with van der Waals surface area (Å²) in [4.78, 5) is 24.7. The van der Waals surface area contributed by atoms with Crippen LogP contribution in [0.3, 0.4) is 0 Å². The molecule has 0 saturated carbocycles. The summed E-state index contributed by atoms with van der Waals surface area (Å²) in [6.07, 6.45) is 0.877. The van der Waals surface area contributed by atoms with E-state index in [-0.39, 0.29) is 28.1 Å². The topological polar surface area (TPSA) is 63.4 Å². The van der Waals surface area contributed by atoms with E-state index in [1.807, 2.05) is 18.2 Å². The molecule has 1 fully saturated rings. The van der Waals surface area contributed by atoms with Crippen LogP contribution in [0.4, 0.5) is 5.69 Å². The lowest BCUT2D eigenvalue weighted by atomic mass is 9.99. The maximum Gasteiger partial charge on any atom is 0.270 e. The van der Waals surface area contributed by atoms with E-state index in [0.717, 1.165) is 6.42 Å². The fraction of sp³-hybridized carbons (Fsp3) is 0.235. The molecule has 1 amide bonds. The fourth-order valence-corrected chi connectivity index (χ4v) is 3.10. The monoisotopic (exact) mass is 330 g/mol. The number of nitro benzene ring substituents is 1. The van der Waals surface area contributed by atoms with Gasteiger partial charge in [0.1, 0.15) is 0 Å². The molecule has 1 heterocycles. The van der Waals surface area contributed by atoms with Gasteiger partial charge in [-0.2, -0.15) is 0 Å². The van der Waals surface area contributed by atoms with Gasteiger partial charge in [0.25, 0.3) is 11.6 Å². The van der Waals surface area contributed by atoms with Crippen molar-refractivity contribution in [3.05, 3.63) is 74.8 Å². The van der Waals surface area contributed by atoms with E-state index in [9.17, 15) is 14.9 Å². The number of hydrogen-bond acceptors (Lipinski definition) is 3. The van der Waals surface area contributed by atoms with Gasteiger partial charge in [0.05, 0.1) is 15.5 Å². The first-order chi connectivity index (χ1) is 11.1. The number of carbonyl (C=O) groups excluding carboxylic acids is 1. The Morgan fingerprint density at radius 1 is 1.22 bits per heavy atom. The molecule has 5 nitrogen and oxygen atoms in total. The third kappa shape index (κ3) is 3.19. The van der Waals surface area contributed by atoms with Gasteiger partial charge in [-0.1, -0.05) is 41.9 Å². The molecule has 1 aliphatic heterocycles. The molecule has 1 atom stereocenters. The summed E-state index contributed by atoms with van der Waals surface area (Å²) in [6, 6.07) is 14.0. The van der Waals surface area contributed by atoms with Crippen LogP contribution in [0.1, 0.15) is 28.3 Å². The van der Waals surface area contributed by atoms with Gasteiger partial charge >= 0.3 is 0 Å². The fourth-order valence-electron chi connectivity index (χ4n) is 2.90. The van der Waals surface area contributed by atoms with Gasteiger partial charge in [-0.25, -0.2) is 0 Å². The largest absolute Gasteiger partial charge is 0.338 e. The number of benzene rings is 2. The molecule has 0 radical (unpaired) electrons. The number of hydrogen-bond donors (Lipinski definition) is 0. The van der Waals surface area contributed by atoms with Crippen LogP contribution in [0.15, 0.2) is 48.5 Å². The summed E-state index contributed by atoms with van der Waals surface area (Å²) in [5.41, 5.74) is 1.26. The number of rotatable bonds is 3. The Morgan fingerprint density at radius 3 is 2.65 bits per heavy atom. The first kappa shape index (κ1) is 15.5. The van der Waals surface area contributed by atoms with Gasteiger partial charge < -0.3 is 4.90 Å². The van der Waals surface area contributed by atoms with E-state index >= 15 is 0 Å². The summed E-state index contributed by atoms with van der Waals surface area (Å²) >= 11 is 6.06. The summed E-state index contributed by atoms with van der Waals surface area (Å²) in [6.45, 7) is 1.22. The van der Waals surface area contributed by atoms with Gasteiger partial charge in [0.2, 0.25) is 0 Å². The van der Waals surface area contributed by atoms with Gasteiger partial charge in [0.15, 0.2) is 0 Å². The van der Waals surface area contributed by atoms with Crippen molar-refractivity contribution in [1.82, 2.24) is 4.90 Å². The molecule has 2 aromatic carbocycles. The van der Waals surface area contributed by atoms with E-state index in [2.05, 4.69) is 12.1 Å². The van der Waals surface area contributed by atoms with E-state index in [1.54, 1.807) is 4.90 Å². The normalized spacial score (nSPS) is 17.3. The lowest BCUT2D eigenvalue weighted by Gasteiger charge is -2.17. The SMILES string of the molecule is O=C(c1cc([N+](=O)[O-])ccc1Cl)N1CCC(c2ccccc2)C1. The van der Waals surface area contributed by atoms with Crippen LogP contribution in [-0.2, 0) is 0 Å². The molecule has 3 rings (SSSR count). The van der Waals surface area contributed by atoms with Crippen molar-refractivity contribution >= 4 is 23.2 Å². The van der Waals surface area contributed by atoms with Crippen molar-refractivity contribution in [3.63, 3.8) is 0 Å². The van der Waals surface area contributed by atoms with Crippen molar-refractivity contribution in [2.24, 2.45) is 0 Å². The molecule has 2 aromatic rings. The molecule has 1 aliphatic rings. The van der Waals surface area contributed by atoms with Crippen molar-refractivity contribution in [2.75, 3.05) is 13.1 Å². The predicted molar refractivity (Wildman–Crippen MR) is 87.8 cm³/mol. The third-order valence-corrected chi connectivity index (χ3v) is 4.47. The van der Waals surface area contributed by atoms with Crippen molar-refractivity contribution in [2.45, 2.75) is 12.3 Å². The van der Waals surface area contributed by atoms with Crippen LogP contribution in [0.2, 0.25) is 5.02 Å². The Labute approximate surface area is 138 Å². The van der Waals surface area contributed by atoms with Crippen LogP contribution < -0.4 is 0 Å². The third-order valence-electron chi connectivity index (χ3n) is 4.14. The van der Waals surface area contributed by atoms with Crippen molar-refractivity contribution in [3.8, 4) is 0 Å². The van der Waals surface area contributed by atoms with Gasteiger partial charge in [0, 0.05) is 31.1 Å².